The van der Waals surface area contributed by atoms with E-state index in [9.17, 15) is 14.4 Å². The highest BCUT2D eigenvalue weighted by Crippen LogP contribution is 2.39. The van der Waals surface area contributed by atoms with Gasteiger partial charge in [0.2, 0.25) is 11.8 Å². The molecule has 2 amide bonds. The lowest BCUT2D eigenvalue weighted by atomic mass is 9.81. The average Bonchev–Trinajstić information content (AvgIpc) is 3.36. The molecule has 1 saturated carbocycles. The van der Waals surface area contributed by atoms with Gasteiger partial charge in [-0.3, -0.25) is 19.3 Å². The van der Waals surface area contributed by atoms with Crippen molar-refractivity contribution in [2.24, 2.45) is 11.8 Å². The van der Waals surface area contributed by atoms with Crippen LogP contribution in [0.5, 0.6) is 11.5 Å². The molecular weight excluding hydrogens is 420 g/mol. The first kappa shape index (κ1) is 21.3. The van der Waals surface area contributed by atoms with Crippen molar-refractivity contribution in [3.05, 3.63) is 29.3 Å². The third-order valence-electron chi connectivity index (χ3n) is 5.79. The van der Waals surface area contributed by atoms with Crippen LogP contribution in [0, 0.1) is 11.8 Å². The summed E-state index contributed by atoms with van der Waals surface area (Å²) in [4.78, 5) is 42.9. The van der Waals surface area contributed by atoms with Gasteiger partial charge in [-0.05, 0) is 25.0 Å². The Bertz CT molecular complexity index is 980. The Hall–Kier alpha value is -2.94. The number of benzene rings is 1. The molecule has 2 aliphatic rings. The van der Waals surface area contributed by atoms with E-state index in [2.05, 4.69) is 4.98 Å². The van der Waals surface area contributed by atoms with E-state index in [0.29, 0.717) is 22.2 Å². The molecule has 2 fully saturated rings. The molecule has 0 bridgehead atoms. The van der Waals surface area contributed by atoms with Crippen LogP contribution in [0.3, 0.4) is 0 Å². The van der Waals surface area contributed by atoms with Gasteiger partial charge in [0, 0.05) is 5.38 Å². The molecular formula is C22H24N2O6S. The van der Waals surface area contributed by atoms with Crippen LogP contribution >= 0.6 is 11.3 Å². The summed E-state index contributed by atoms with van der Waals surface area (Å²) in [7, 11) is 3.13. The van der Waals surface area contributed by atoms with Crippen molar-refractivity contribution in [2.45, 2.75) is 32.3 Å². The van der Waals surface area contributed by atoms with Gasteiger partial charge < -0.3 is 14.2 Å². The maximum atomic E-state index is 12.5. The Balaban J connectivity index is 1.38. The van der Waals surface area contributed by atoms with Crippen molar-refractivity contribution in [3.8, 4) is 22.1 Å². The molecule has 1 saturated heterocycles. The minimum Gasteiger partial charge on any atom is -0.493 e. The highest BCUT2D eigenvalue weighted by Gasteiger charge is 2.48. The van der Waals surface area contributed by atoms with E-state index in [-0.39, 0.29) is 36.8 Å². The second-order valence-electron chi connectivity index (χ2n) is 7.61. The molecule has 0 radical (unpaired) electrons. The van der Waals surface area contributed by atoms with Crippen LogP contribution in [0.25, 0.3) is 10.6 Å². The van der Waals surface area contributed by atoms with E-state index in [1.165, 1.54) is 11.3 Å². The minimum absolute atomic E-state index is 0.0370. The number of hydrogen-bond donors (Lipinski definition) is 0. The maximum Gasteiger partial charge on any atom is 0.326 e. The summed E-state index contributed by atoms with van der Waals surface area (Å²) in [6.45, 7) is -0.379. The van der Waals surface area contributed by atoms with Gasteiger partial charge in [-0.1, -0.05) is 18.9 Å². The van der Waals surface area contributed by atoms with Crippen LogP contribution in [0.1, 0.15) is 31.4 Å². The zero-order valence-electron chi connectivity index (χ0n) is 17.5. The number of esters is 1. The monoisotopic (exact) mass is 444 g/mol. The number of rotatable bonds is 7. The Kier molecular flexibility index (Phi) is 6.22. The van der Waals surface area contributed by atoms with Crippen molar-refractivity contribution in [3.63, 3.8) is 0 Å². The zero-order valence-corrected chi connectivity index (χ0v) is 18.3. The number of fused-ring (bicyclic) bond motifs is 1. The molecule has 8 nitrogen and oxygen atoms in total. The van der Waals surface area contributed by atoms with Gasteiger partial charge in [-0.15, -0.1) is 11.3 Å². The number of ether oxygens (including phenoxy) is 3. The van der Waals surface area contributed by atoms with Gasteiger partial charge in [0.05, 0.1) is 37.3 Å². The Morgan fingerprint density at radius 2 is 1.84 bits per heavy atom. The maximum absolute atomic E-state index is 12.5. The lowest BCUT2D eigenvalue weighted by molar-refractivity contribution is -0.153. The first-order valence-electron chi connectivity index (χ1n) is 10.2. The second kappa shape index (κ2) is 9.05. The number of nitrogens with zero attached hydrogens (tertiary/aromatic N) is 2. The Labute approximate surface area is 184 Å². The quantitative estimate of drug-likeness (QED) is 0.478. The zero-order chi connectivity index (χ0) is 22.0. The fraction of sp³-hybridized carbons (Fsp3) is 0.455. The molecule has 2 aromatic rings. The van der Waals surface area contributed by atoms with Crippen molar-refractivity contribution in [2.75, 3.05) is 20.8 Å². The molecule has 31 heavy (non-hydrogen) atoms. The summed E-state index contributed by atoms with van der Waals surface area (Å²) < 4.78 is 16.1. The second-order valence-corrected chi connectivity index (χ2v) is 8.46. The number of imide groups is 1. The molecule has 2 heterocycles. The van der Waals surface area contributed by atoms with E-state index in [1.807, 2.05) is 12.1 Å². The molecule has 4 rings (SSSR count). The smallest absolute Gasteiger partial charge is 0.326 e. The van der Waals surface area contributed by atoms with Gasteiger partial charge in [-0.25, -0.2) is 4.98 Å². The first-order valence-corrected chi connectivity index (χ1v) is 11.1. The number of likely N-dealkylation sites (tertiary alicyclic amines) is 1. The third kappa shape index (κ3) is 4.14. The first-order chi connectivity index (χ1) is 15.0. The molecule has 164 valence electrons. The lowest BCUT2D eigenvalue weighted by Gasteiger charge is -2.19. The Morgan fingerprint density at radius 1 is 1.13 bits per heavy atom. The van der Waals surface area contributed by atoms with E-state index in [1.54, 1.807) is 25.7 Å². The van der Waals surface area contributed by atoms with Crippen LogP contribution in [-0.4, -0.2) is 48.4 Å². The van der Waals surface area contributed by atoms with Crippen molar-refractivity contribution in [1.29, 1.82) is 0 Å². The molecule has 1 aromatic heterocycles. The molecule has 9 heteroatoms. The number of amides is 2. The number of thiazole rings is 1. The standard InChI is InChI=1S/C22H24N2O6S/c1-28-17-9-5-8-16(19(17)29-2)20-23-13(12-31-20)11-30-18(25)10-24-21(26)14-6-3-4-7-15(14)22(24)27/h5,8-9,12,14-15H,3-4,6-7,10-11H2,1-2H3. The SMILES string of the molecule is COc1cccc(-c2nc(COC(=O)CN3C(=O)C4CCCCC4C3=O)cs2)c1OC. The molecule has 2 unspecified atom stereocenters. The summed E-state index contributed by atoms with van der Waals surface area (Å²) in [6.07, 6.45) is 3.33. The summed E-state index contributed by atoms with van der Waals surface area (Å²) in [5, 5.41) is 2.50. The number of aromatic nitrogens is 1. The van der Waals surface area contributed by atoms with Crippen LogP contribution < -0.4 is 9.47 Å². The van der Waals surface area contributed by atoms with Crippen LogP contribution in [-0.2, 0) is 25.7 Å². The molecule has 1 aliphatic heterocycles. The number of carbonyl (C=O) groups is 3. The lowest BCUT2D eigenvalue weighted by Crippen LogP contribution is -2.36. The van der Waals surface area contributed by atoms with Crippen LogP contribution in [0.4, 0.5) is 0 Å². The summed E-state index contributed by atoms with van der Waals surface area (Å²) in [5.74, 6) is -0.464. The van der Waals surface area contributed by atoms with Gasteiger partial charge in [0.1, 0.15) is 18.2 Å². The predicted octanol–water partition coefficient (Wildman–Crippen LogP) is 3.05. The van der Waals surface area contributed by atoms with E-state index < -0.39 is 5.97 Å². The highest BCUT2D eigenvalue weighted by molar-refractivity contribution is 7.13. The largest absolute Gasteiger partial charge is 0.493 e. The van der Waals surface area contributed by atoms with E-state index in [0.717, 1.165) is 36.1 Å². The third-order valence-corrected chi connectivity index (χ3v) is 6.71. The molecule has 0 spiro atoms. The molecule has 0 N–H and O–H groups in total. The average molecular weight is 445 g/mol. The number of hydrogen-bond acceptors (Lipinski definition) is 8. The normalized spacial score (nSPS) is 20.5. The summed E-state index contributed by atoms with van der Waals surface area (Å²) in [6, 6.07) is 5.52. The van der Waals surface area contributed by atoms with Crippen molar-refractivity contribution < 1.29 is 28.6 Å². The fourth-order valence-corrected chi connectivity index (χ4v) is 5.09. The Morgan fingerprint density at radius 3 is 2.48 bits per heavy atom. The van der Waals surface area contributed by atoms with E-state index >= 15 is 0 Å². The topological polar surface area (TPSA) is 95.0 Å². The van der Waals surface area contributed by atoms with Gasteiger partial charge >= 0.3 is 5.97 Å². The van der Waals surface area contributed by atoms with Gasteiger partial charge in [-0.2, -0.15) is 0 Å². The molecule has 1 aliphatic carbocycles. The summed E-state index contributed by atoms with van der Waals surface area (Å²) in [5.41, 5.74) is 1.35. The minimum atomic E-state index is -0.617. The summed E-state index contributed by atoms with van der Waals surface area (Å²) >= 11 is 1.39. The number of methoxy groups -OCH3 is 2. The van der Waals surface area contributed by atoms with Gasteiger partial charge in [0.15, 0.2) is 11.5 Å². The molecule has 1 aromatic carbocycles. The van der Waals surface area contributed by atoms with Crippen LogP contribution in [0.2, 0.25) is 0 Å². The molecule has 2 atom stereocenters. The van der Waals surface area contributed by atoms with Gasteiger partial charge in [0.25, 0.3) is 0 Å². The van der Waals surface area contributed by atoms with Crippen molar-refractivity contribution in [1.82, 2.24) is 9.88 Å². The highest BCUT2D eigenvalue weighted by atomic mass is 32.1. The van der Waals surface area contributed by atoms with Crippen LogP contribution in [0.15, 0.2) is 23.6 Å². The fourth-order valence-electron chi connectivity index (χ4n) is 4.27. The predicted molar refractivity (Wildman–Crippen MR) is 113 cm³/mol. The number of para-hydroxylation sites is 1. The van der Waals surface area contributed by atoms with E-state index in [4.69, 9.17) is 14.2 Å². The number of carbonyl (C=O) groups excluding carboxylic acids is 3. The van der Waals surface area contributed by atoms with Crippen molar-refractivity contribution >= 4 is 29.1 Å².